The first-order chi connectivity index (χ1) is 13.1. The molecule has 0 atom stereocenters. The number of rotatable bonds is 8. The summed E-state index contributed by atoms with van der Waals surface area (Å²) >= 11 is 0. The highest BCUT2D eigenvalue weighted by molar-refractivity contribution is 5.86. The van der Waals surface area contributed by atoms with Gasteiger partial charge in [-0.3, -0.25) is 9.79 Å². The molecule has 7 heteroatoms. The van der Waals surface area contributed by atoms with Gasteiger partial charge in [0.2, 0.25) is 5.91 Å². The second-order valence-corrected chi connectivity index (χ2v) is 5.82. The summed E-state index contributed by atoms with van der Waals surface area (Å²) in [4.78, 5) is 16.0. The number of aliphatic imine (C=N–C) groups is 1. The first-order valence-corrected chi connectivity index (χ1v) is 8.70. The molecule has 0 aliphatic carbocycles. The quantitative estimate of drug-likeness (QED) is 0.488. The fraction of sp³-hybridized carbons (Fsp3) is 0.300. The maximum absolute atomic E-state index is 13.6. The van der Waals surface area contributed by atoms with Crippen LogP contribution in [0.1, 0.15) is 11.1 Å². The van der Waals surface area contributed by atoms with Gasteiger partial charge >= 0.3 is 0 Å². The average Bonchev–Trinajstić information content (AvgIpc) is 2.70. The maximum Gasteiger partial charge on any atom is 0.239 e. The Labute approximate surface area is 158 Å². The molecule has 0 saturated heterocycles. The molecule has 0 unspecified atom stereocenters. The molecule has 27 heavy (non-hydrogen) atoms. The lowest BCUT2D eigenvalue weighted by Gasteiger charge is -2.12. The summed E-state index contributed by atoms with van der Waals surface area (Å²) in [6.45, 7) is 1.04. The second kappa shape index (κ2) is 10.8. The van der Waals surface area contributed by atoms with Crippen LogP contribution < -0.4 is 20.7 Å². The molecular formula is C20H25FN4O2. The summed E-state index contributed by atoms with van der Waals surface area (Å²) in [5.74, 6) is 0.894. The first-order valence-electron chi connectivity index (χ1n) is 8.70. The van der Waals surface area contributed by atoms with E-state index in [9.17, 15) is 9.18 Å². The van der Waals surface area contributed by atoms with Crippen molar-refractivity contribution in [2.75, 3.05) is 27.2 Å². The van der Waals surface area contributed by atoms with Crippen molar-refractivity contribution in [2.45, 2.75) is 13.0 Å². The summed E-state index contributed by atoms with van der Waals surface area (Å²) in [6.07, 6.45) is 0.525. The SMILES string of the molecule is CN=C(NCCc1ccccc1F)NCC(=O)NCc1ccc(OC)cc1. The molecule has 0 saturated carbocycles. The van der Waals surface area contributed by atoms with E-state index in [1.807, 2.05) is 24.3 Å². The molecule has 1 amide bonds. The van der Waals surface area contributed by atoms with Gasteiger partial charge in [0, 0.05) is 20.1 Å². The zero-order valence-electron chi connectivity index (χ0n) is 15.6. The molecular weight excluding hydrogens is 347 g/mol. The van der Waals surface area contributed by atoms with Crippen molar-refractivity contribution in [3.05, 3.63) is 65.5 Å². The van der Waals surface area contributed by atoms with E-state index >= 15 is 0 Å². The molecule has 3 N–H and O–H groups in total. The molecule has 2 aromatic carbocycles. The number of nitrogens with zero attached hydrogens (tertiary/aromatic N) is 1. The Morgan fingerprint density at radius 1 is 1.07 bits per heavy atom. The number of halogens is 1. The van der Waals surface area contributed by atoms with E-state index in [4.69, 9.17) is 4.74 Å². The Bertz CT molecular complexity index is 763. The van der Waals surface area contributed by atoms with Crippen molar-refractivity contribution in [3.8, 4) is 5.75 Å². The highest BCUT2D eigenvalue weighted by Crippen LogP contribution is 2.10. The lowest BCUT2D eigenvalue weighted by Crippen LogP contribution is -2.43. The predicted octanol–water partition coefficient (Wildman–Crippen LogP) is 1.86. The number of hydrogen-bond acceptors (Lipinski definition) is 3. The van der Waals surface area contributed by atoms with Crippen LogP contribution in [0.5, 0.6) is 5.75 Å². The molecule has 0 bridgehead atoms. The number of guanidine groups is 1. The lowest BCUT2D eigenvalue weighted by atomic mass is 10.1. The van der Waals surface area contributed by atoms with E-state index in [1.54, 1.807) is 32.4 Å². The summed E-state index contributed by atoms with van der Waals surface area (Å²) in [6, 6.07) is 14.2. The van der Waals surface area contributed by atoms with Gasteiger partial charge in [0.25, 0.3) is 0 Å². The zero-order chi connectivity index (χ0) is 19.5. The monoisotopic (exact) mass is 372 g/mol. The lowest BCUT2D eigenvalue weighted by molar-refractivity contribution is -0.120. The second-order valence-electron chi connectivity index (χ2n) is 5.82. The minimum Gasteiger partial charge on any atom is -0.497 e. The van der Waals surface area contributed by atoms with Crippen LogP contribution in [0.15, 0.2) is 53.5 Å². The zero-order valence-corrected chi connectivity index (χ0v) is 15.6. The number of methoxy groups -OCH3 is 1. The fourth-order valence-electron chi connectivity index (χ4n) is 2.41. The molecule has 0 heterocycles. The molecule has 2 rings (SSSR count). The maximum atomic E-state index is 13.6. The number of ether oxygens (including phenoxy) is 1. The van der Waals surface area contributed by atoms with E-state index in [-0.39, 0.29) is 18.3 Å². The fourth-order valence-corrected chi connectivity index (χ4v) is 2.41. The van der Waals surface area contributed by atoms with Gasteiger partial charge in [-0.25, -0.2) is 4.39 Å². The normalized spacial score (nSPS) is 11.0. The average molecular weight is 372 g/mol. The molecule has 6 nitrogen and oxygen atoms in total. The van der Waals surface area contributed by atoms with Crippen molar-refractivity contribution in [1.29, 1.82) is 0 Å². The highest BCUT2D eigenvalue weighted by Gasteiger charge is 2.05. The predicted molar refractivity (Wildman–Crippen MR) is 104 cm³/mol. The van der Waals surface area contributed by atoms with Gasteiger partial charge in [-0.15, -0.1) is 0 Å². The molecule has 2 aromatic rings. The van der Waals surface area contributed by atoms with Crippen LogP contribution in [0, 0.1) is 5.82 Å². The van der Waals surface area contributed by atoms with Crippen molar-refractivity contribution in [1.82, 2.24) is 16.0 Å². The third-order valence-corrected chi connectivity index (χ3v) is 3.93. The van der Waals surface area contributed by atoms with Gasteiger partial charge in [0.05, 0.1) is 13.7 Å². The van der Waals surface area contributed by atoms with E-state index in [0.29, 0.717) is 31.0 Å². The number of nitrogens with one attached hydrogen (secondary N) is 3. The van der Waals surface area contributed by atoms with Crippen LogP contribution in [0.3, 0.4) is 0 Å². The molecule has 0 aromatic heterocycles. The van der Waals surface area contributed by atoms with Crippen LogP contribution in [-0.4, -0.2) is 39.1 Å². The first kappa shape index (κ1) is 20.2. The highest BCUT2D eigenvalue weighted by atomic mass is 19.1. The van der Waals surface area contributed by atoms with E-state index in [0.717, 1.165) is 11.3 Å². The van der Waals surface area contributed by atoms with Crippen LogP contribution in [0.4, 0.5) is 4.39 Å². The van der Waals surface area contributed by atoms with Crippen LogP contribution in [0.2, 0.25) is 0 Å². The van der Waals surface area contributed by atoms with Crippen molar-refractivity contribution in [2.24, 2.45) is 4.99 Å². The number of hydrogen-bond donors (Lipinski definition) is 3. The molecule has 0 spiro atoms. The van der Waals surface area contributed by atoms with E-state index in [2.05, 4.69) is 20.9 Å². The van der Waals surface area contributed by atoms with Crippen LogP contribution in [-0.2, 0) is 17.8 Å². The molecule has 144 valence electrons. The van der Waals surface area contributed by atoms with Crippen LogP contribution >= 0.6 is 0 Å². The molecule has 0 aliphatic heterocycles. The minimum absolute atomic E-state index is 0.0928. The molecule has 0 radical (unpaired) electrons. The van der Waals surface area contributed by atoms with E-state index in [1.165, 1.54) is 6.07 Å². The van der Waals surface area contributed by atoms with Crippen molar-refractivity contribution in [3.63, 3.8) is 0 Å². The standard InChI is InChI=1S/C20H25FN4O2/c1-22-20(23-12-11-16-5-3-4-6-18(16)21)25-14-19(26)24-13-15-7-9-17(27-2)10-8-15/h3-10H,11-14H2,1-2H3,(H,24,26)(H2,22,23,25). The Balaban J connectivity index is 1.68. The van der Waals surface area contributed by atoms with Gasteiger partial charge in [0.1, 0.15) is 11.6 Å². The number of amides is 1. The smallest absolute Gasteiger partial charge is 0.239 e. The largest absolute Gasteiger partial charge is 0.497 e. The van der Waals surface area contributed by atoms with Crippen molar-refractivity contribution >= 4 is 11.9 Å². The van der Waals surface area contributed by atoms with Crippen molar-refractivity contribution < 1.29 is 13.9 Å². The molecule has 0 aliphatic rings. The summed E-state index contributed by atoms with van der Waals surface area (Å²) in [7, 11) is 3.23. The Kier molecular flexibility index (Phi) is 8.09. The van der Waals surface area contributed by atoms with Gasteiger partial charge in [-0.05, 0) is 35.7 Å². The third-order valence-electron chi connectivity index (χ3n) is 3.93. The summed E-state index contributed by atoms with van der Waals surface area (Å²) < 4.78 is 18.7. The number of carbonyl (C=O) groups excluding carboxylic acids is 1. The topological polar surface area (TPSA) is 74.8 Å². The van der Waals surface area contributed by atoms with Gasteiger partial charge in [-0.1, -0.05) is 30.3 Å². The van der Waals surface area contributed by atoms with Gasteiger partial charge in [0.15, 0.2) is 5.96 Å². The van der Waals surface area contributed by atoms with Gasteiger partial charge in [-0.2, -0.15) is 0 Å². The van der Waals surface area contributed by atoms with Gasteiger partial charge < -0.3 is 20.7 Å². The number of benzene rings is 2. The summed E-state index contributed by atoms with van der Waals surface area (Å²) in [5.41, 5.74) is 1.62. The van der Waals surface area contributed by atoms with Crippen LogP contribution in [0.25, 0.3) is 0 Å². The number of carbonyl (C=O) groups is 1. The van der Waals surface area contributed by atoms with E-state index < -0.39 is 0 Å². The minimum atomic E-state index is -0.222. The third kappa shape index (κ3) is 6.97. The Morgan fingerprint density at radius 2 is 1.81 bits per heavy atom. The Hall–Kier alpha value is -3.09. The molecule has 0 fully saturated rings. The Morgan fingerprint density at radius 3 is 2.48 bits per heavy atom. The summed E-state index contributed by atoms with van der Waals surface area (Å²) in [5, 5.41) is 8.83.